The van der Waals surface area contributed by atoms with E-state index in [0.717, 1.165) is 28.5 Å². The molecule has 4 rings (SSSR count). The number of nitrogens with zero attached hydrogens (tertiary/aromatic N) is 2. The van der Waals surface area contributed by atoms with Crippen molar-refractivity contribution >= 4 is 28.3 Å². The number of rotatable bonds is 5. The van der Waals surface area contributed by atoms with Gasteiger partial charge in [0.2, 0.25) is 0 Å². The summed E-state index contributed by atoms with van der Waals surface area (Å²) in [7, 11) is 0. The zero-order chi connectivity index (χ0) is 18.8. The number of benzene rings is 2. The van der Waals surface area contributed by atoms with Gasteiger partial charge in [-0.15, -0.1) is 0 Å². The summed E-state index contributed by atoms with van der Waals surface area (Å²) >= 11 is 6.03. The fourth-order valence-electron chi connectivity index (χ4n) is 3.48. The lowest BCUT2D eigenvalue weighted by molar-refractivity contribution is 0.0976. The van der Waals surface area contributed by atoms with Crippen LogP contribution in [0, 0.1) is 0 Å². The third kappa shape index (κ3) is 3.15. The van der Waals surface area contributed by atoms with E-state index >= 15 is 0 Å². The first-order valence-corrected chi connectivity index (χ1v) is 9.42. The number of para-hydroxylation sites is 1. The van der Waals surface area contributed by atoms with Crippen LogP contribution in [0.4, 0.5) is 0 Å². The van der Waals surface area contributed by atoms with Crippen LogP contribution in [0.5, 0.6) is 0 Å². The molecule has 3 nitrogen and oxygen atoms in total. The van der Waals surface area contributed by atoms with Gasteiger partial charge in [0.05, 0.1) is 16.2 Å². The Labute approximate surface area is 163 Å². The molecule has 2 aromatic carbocycles. The third-order valence-corrected chi connectivity index (χ3v) is 4.84. The van der Waals surface area contributed by atoms with Gasteiger partial charge >= 0.3 is 0 Å². The Morgan fingerprint density at radius 2 is 1.74 bits per heavy atom. The zero-order valence-corrected chi connectivity index (χ0v) is 15.8. The Morgan fingerprint density at radius 1 is 1.00 bits per heavy atom. The number of hydrogen-bond donors (Lipinski definition) is 0. The highest BCUT2D eigenvalue weighted by molar-refractivity contribution is 6.30. The summed E-state index contributed by atoms with van der Waals surface area (Å²) in [5.41, 5.74) is 3.63. The van der Waals surface area contributed by atoms with Gasteiger partial charge in [-0.05, 0) is 30.2 Å². The SMILES string of the molecule is CCCC(=O)c1c(-c2ccccc2)c2ccccc2n1-c1ccc(Cl)cn1. The molecule has 4 heteroatoms. The maximum Gasteiger partial charge on any atom is 0.180 e. The number of aromatic nitrogens is 2. The minimum Gasteiger partial charge on any atom is -0.292 e. The quantitative estimate of drug-likeness (QED) is 0.382. The molecule has 0 radical (unpaired) electrons. The summed E-state index contributed by atoms with van der Waals surface area (Å²) in [5.74, 6) is 0.807. The lowest BCUT2D eigenvalue weighted by Gasteiger charge is -2.11. The second-order valence-electron chi connectivity index (χ2n) is 6.45. The molecule has 2 aromatic heterocycles. The predicted octanol–water partition coefficient (Wildman–Crippen LogP) is 6.33. The Kier molecular flexibility index (Phi) is 4.78. The van der Waals surface area contributed by atoms with Gasteiger partial charge in [-0.3, -0.25) is 9.36 Å². The summed E-state index contributed by atoms with van der Waals surface area (Å²) in [6.07, 6.45) is 2.90. The van der Waals surface area contributed by atoms with Gasteiger partial charge < -0.3 is 0 Å². The fraction of sp³-hybridized carbons (Fsp3) is 0.130. The van der Waals surface area contributed by atoms with Crippen LogP contribution < -0.4 is 0 Å². The molecule has 0 unspecified atom stereocenters. The van der Waals surface area contributed by atoms with E-state index in [0.29, 0.717) is 23.0 Å². The van der Waals surface area contributed by atoms with Crippen LogP contribution in [-0.4, -0.2) is 15.3 Å². The topological polar surface area (TPSA) is 34.9 Å². The summed E-state index contributed by atoms with van der Waals surface area (Å²) < 4.78 is 1.96. The standard InChI is InChI=1S/C23H19ClN2O/c1-2-8-20(27)23-22(16-9-4-3-5-10-16)18-11-6-7-12-19(18)26(23)21-14-13-17(24)15-25-21/h3-7,9-15H,2,8H2,1H3. The molecule has 0 saturated heterocycles. The van der Waals surface area contributed by atoms with Crippen LogP contribution in [0.15, 0.2) is 72.9 Å². The first kappa shape index (κ1) is 17.5. The number of pyridine rings is 1. The Balaban J connectivity index is 2.11. The molecule has 134 valence electrons. The summed E-state index contributed by atoms with van der Waals surface area (Å²) in [6, 6.07) is 21.8. The van der Waals surface area contributed by atoms with Crippen LogP contribution in [-0.2, 0) is 0 Å². The Bertz CT molecular complexity index is 1100. The molecule has 27 heavy (non-hydrogen) atoms. The number of fused-ring (bicyclic) bond motifs is 1. The number of ketones is 1. The van der Waals surface area contributed by atoms with Gasteiger partial charge in [-0.2, -0.15) is 0 Å². The smallest absolute Gasteiger partial charge is 0.180 e. The highest BCUT2D eigenvalue weighted by Crippen LogP contribution is 2.37. The molecule has 2 heterocycles. The van der Waals surface area contributed by atoms with Crippen molar-refractivity contribution in [3.8, 4) is 16.9 Å². The van der Waals surface area contributed by atoms with E-state index in [1.54, 1.807) is 12.3 Å². The monoisotopic (exact) mass is 374 g/mol. The average Bonchev–Trinajstić information content (AvgIpc) is 3.05. The fourth-order valence-corrected chi connectivity index (χ4v) is 3.60. The third-order valence-electron chi connectivity index (χ3n) is 4.62. The summed E-state index contributed by atoms with van der Waals surface area (Å²) in [4.78, 5) is 17.7. The van der Waals surface area contributed by atoms with Gasteiger partial charge in [-0.25, -0.2) is 4.98 Å². The number of hydrogen-bond acceptors (Lipinski definition) is 2. The van der Waals surface area contributed by atoms with Gasteiger partial charge in [0, 0.05) is 23.6 Å². The van der Waals surface area contributed by atoms with E-state index in [9.17, 15) is 4.79 Å². The molecule has 0 aliphatic rings. The Hall–Kier alpha value is -2.91. The second-order valence-corrected chi connectivity index (χ2v) is 6.89. The molecule has 0 aliphatic carbocycles. The van der Waals surface area contributed by atoms with Crippen molar-refractivity contribution in [2.75, 3.05) is 0 Å². The molecule has 4 aromatic rings. The lowest BCUT2D eigenvalue weighted by Crippen LogP contribution is -2.09. The molecule has 0 fully saturated rings. The van der Waals surface area contributed by atoms with Crippen molar-refractivity contribution in [1.29, 1.82) is 0 Å². The number of carbonyl (C=O) groups is 1. The van der Waals surface area contributed by atoms with E-state index in [2.05, 4.69) is 11.1 Å². The molecular formula is C23H19ClN2O. The van der Waals surface area contributed by atoms with Crippen LogP contribution in [0.3, 0.4) is 0 Å². The molecule has 0 N–H and O–H groups in total. The molecule has 0 aliphatic heterocycles. The van der Waals surface area contributed by atoms with E-state index < -0.39 is 0 Å². The van der Waals surface area contributed by atoms with Crippen LogP contribution in [0.2, 0.25) is 5.02 Å². The zero-order valence-electron chi connectivity index (χ0n) is 15.0. The van der Waals surface area contributed by atoms with E-state index in [-0.39, 0.29) is 5.78 Å². The van der Waals surface area contributed by atoms with Crippen molar-refractivity contribution in [3.63, 3.8) is 0 Å². The lowest BCUT2D eigenvalue weighted by atomic mass is 9.99. The minimum atomic E-state index is 0.115. The molecular weight excluding hydrogens is 356 g/mol. The largest absolute Gasteiger partial charge is 0.292 e. The Morgan fingerprint density at radius 3 is 2.44 bits per heavy atom. The van der Waals surface area contributed by atoms with Crippen molar-refractivity contribution in [3.05, 3.63) is 83.6 Å². The van der Waals surface area contributed by atoms with Gasteiger partial charge in [0.1, 0.15) is 5.82 Å². The number of Topliss-reactive ketones (excluding diaryl/α,β-unsaturated/α-hetero) is 1. The van der Waals surface area contributed by atoms with Gasteiger partial charge in [0.15, 0.2) is 5.78 Å². The minimum absolute atomic E-state index is 0.115. The highest BCUT2D eigenvalue weighted by Gasteiger charge is 2.24. The van der Waals surface area contributed by atoms with Crippen LogP contribution >= 0.6 is 11.6 Å². The van der Waals surface area contributed by atoms with Crippen molar-refractivity contribution < 1.29 is 4.79 Å². The molecule has 0 bridgehead atoms. The van der Waals surface area contributed by atoms with Crippen molar-refractivity contribution in [1.82, 2.24) is 9.55 Å². The van der Waals surface area contributed by atoms with Crippen LogP contribution in [0.1, 0.15) is 30.3 Å². The number of carbonyl (C=O) groups excluding carboxylic acids is 1. The van der Waals surface area contributed by atoms with Crippen molar-refractivity contribution in [2.45, 2.75) is 19.8 Å². The van der Waals surface area contributed by atoms with Crippen molar-refractivity contribution in [2.24, 2.45) is 0 Å². The molecule has 0 saturated carbocycles. The highest BCUT2D eigenvalue weighted by atomic mass is 35.5. The predicted molar refractivity (Wildman–Crippen MR) is 111 cm³/mol. The first-order valence-electron chi connectivity index (χ1n) is 9.04. The average molecular weight is 375 g/mol. The van der Waals surface area contributed by atoms with Gasteiger partial charge in [-0.1, -0.05) is 67.1 Å². The maximum absolute atomic E-state index is 13.2. The summed E-state index contributed by atoms with van der Waals surface area (Å²) in [5, 5.41) is 1.61. The van der Waals surface area contributed by atoms with E-state index in [1.165, 1.54) is 0 Å². The van der Waals surface area contributed by atoms with Gasteiger partial charge in [0.25, 0.3) is 0 Å². The number of halogens is 1. The normalized spacial score (nSPS) is 11.0. The molecule has 0 atom stereocenters. The summed E-state index contributed by atoms with van der Waals surface area (Å²) in [6.45, 7) is 2.02. The maximum atomic E-state index is 13.2. The van der Waals surface area contributed by atoms with E-state index in [1.807, 2.05) is 66.1 Å². The molecule has 0 spiro atoms. The van der Waals surface area contributed by atoms with E-state index in [4.69, 9.17) is 11.6 Å². The second kappa shape index (κ2) is 7.37. The molecule has 0 amide bonds. The first-order chi connectivity index (χ1) is 13.2. The van der Waals surface area contributed by atoms with Crippen LogP contribution in [0.25, 0.3) is 27.8 Å².